The van der Waals surface area contributed by atoms with Crippen LogP contribution >= 0.6 is 22.6 Å². The van der Waals surface area contributed by atoms with Crippen LogP contribution < -0.4 is 0 Å². The van der Waals surface area contributed by atoms with Gasteiger partial charge in [-0.25, -0.2) is 8.42 Å². The van der Waals surface area contributed by atoms with Gasteiger partial charge < -0.3 is 5.11 Å². The second kappa shape index (κ2) is 5.90. The molecule has 6 heteroatoms. The van der Waals surface area contributed by atoms with Gasteiger partial charge in [-0.05, 0) is 38.8 Å². The minimum Gasteiger partial charge on any atom is -0.388 e. The fourth-order valence-electron chi connectivity index (χ4n) is 2.60. The first kappa shape index (κ1) is 16.2. The van der Waals surface area contributed by atoms with Gasteiger partial charge in [0.15, 0.2) is 0 Å². The zero-order valence-electron chi connectivity index (χ0n) is 11.7. The highest BCUT2D eigenvalue weighted by molar-refractivity contribution is 14.1. The summed E-state index contributed by atoms with van der Waals surface area (Å²) in [6.07, 6.45) is 1.33. The molecule has 0 aliphatic carbocycles. The summed E-state index contributed by atoms with van der Waals surface area (Å²) in [7, 11) is -3.54. The number of aryl methyl sites for hydroxylation is 1. The molecule has 1 aliphatic rings. The molecule has 0 radical (unpaired) electrons. The molecular formula is C14H20INO3S. The first-order valence-corrected chi connectivity index (χ1v) is 9.62. The van der Waals surface area contributed by atoms with Crippen LogP contribution in [0.1, 0.15) is 25.3 Å². The van der Waals surface area contributed by atoms with Crippen molar-refractivity contribution in [2.75, 3.05) is 11.0 Å². The molecule has 1 aromatic carbocycles. The number of nitrogens with zero attached hydrogens (tertiary/aromatic N) is 1. The summed E-state index contributed by atoms with van der Waals surface area (Å²) >= 11 is 2.15. The number of piperidine rings is 1. The van der Waals surface area contributed by atoms with Gasteiger partial charge in [0.25, 0.3) is 0 Å². The average molecular weight is 409 g/mol. The fourth-order valence-corrected chi connectivity index (χ4v) is 6.05. The fraction of sp³-hybridized carbons (Fsp3) is 0.571. The molecule has 2 atom stereocenters. The third-order valence-electron chi connectivity index (χ3n) is 3.90. The quantitative estimate of drug-likeness (QED) is 0.616. The van der Waals surface area contributed by atoms with Crippen LogP contribution in [-0.2, 0) is 10.0 Å². The van der Waals surface area contributed by atoms with Gasteiger partial charge in [-0.15, -0.1) is 0 Å². The smallest absolute Gasteiger partial charge is 0.243 e. The van der Waals surface area contributed by atoms with Gasteiger partial charge in [0.05, 0.1) is 16.5 Å². The number of sulfonamides is 1. The molecule has 0 saturated carbocycles. The first-order chi connectivity index (χ1) is 9.29. The number of alkyl halides is 1. The van der Waals surface area contributed by atoms with E-state index in [1.165, 1.54) is 4.31 Å². The Labute approximate surface area is 134 Å². The van der Waals surface area contributed by atoms with Gasteiger partial charge in [-0.3, -0.25) is 0 Å². The molecule has 0 bridgehead atoms. The van der Waals surface area contributed by atoms with Crippen molar-refractivity contribution in [2.45, 2.75) is 43.2 Å². The maximum absolute atomic E-state index is 12.8. The molecule has 4 nitrogen and oxygen atoms in total. The Bertz CT molecular complexity index is 569. The van der Waals surface area contributed by atoms with Crippen molar-refractivity contribution in [1.29, 1.82) is 0 Å². The van der Waals surface area contributed by atoms with Crippen LogP contribution in [0.25, 0.3) is 0 Å². The lowest BCUT2D eigenvalue weighted by Crippen LogP contribution is -2.57. The summed E-state index contributed by atoms with van der Waals surface area (Å²) in [6, 6.07) is 6.50. The second-order valence-corrected chi connectivity index (χ2v) is 8.33. The lowest BCUT2D eigenvalue weighted by Gasteiger charge is -2.43. The molecule has 20 heavy (non-hydrogen) atoms. The third kappa shape index (κ3) is 3.03. The molecule has 0 amide bonds. The van der Waals surface area contributed by atoms with Gasteiger partial charge in [0.1, 0.15) is 0 Å². The Morgan fingerprint density at radius 1 is 1.40 bits per heavy atom. The molecule has 2 rings (SSSR count). The van der Waals surface area contributed by atoms with E-state index < -0.39 is 15.6 Å². The van der Waals surface area contributed by atoms with Gasteiger partial charge in [-0.1, -0.05) is 40.3 Å². The largest absolute Gasteiger partial charge is 0.388 e. The minimum atomic E-state index is -3.54. The monoisotopic (exact) mass is 409 g/mol. The van der Waals surface area contributed by atoms with E-state index in [-0.39, 0.29) is 6.04 Å². The van der Waals surface area contributed by atoms with Crippen molar-refractivity contribution in [3.05, 3.63) is 29.8 Å². The number of hydrogen-bond acceptors (Lipinski definition) is 3. The summed E-state index contributed by atoms with van der Waals surface area (Å²) in [5.74, 6) is 0. The van der Waals surface area contributed by atoms with Crippen molar-refractivity contribution in [3.8, 4) is 0 Å². The lowest BCUT2D eigenvalue weighted by molar-refractivity contribution is -0.0286. The SMILES string of the molecule is Cc1ccc(S(=O)(=O)N2CCCC(C)(O)C2CI)cc1. The van der Waals surface area contributed by atoms with E-state index >= 15 is 0 Å². The van der Waals surface area contributed by atoms with Crippen molar-refractivity contribution in [1.82, 2.24) is 4.31 Å². The Morgan fingerprint density at radius 3 is 2.55 bits per heavy atom. The van der Waals surface area contributed by atoms with Crippen LogP contribution in [0.2, 0.25) is 0 Å². The minimum absolute atomic E-state index is 0.302. The van der Waals surface area contributed by atoms with Crippen LogP contribution in [0.15, 0.2) is 29.2 Å². The van der Waals surface area contributed by atoms with E-state index in [4.69, 9.17) is 0 Å². The Hall–Kier alpha value is -0.180. The molecule has 1 heterocycles. The highest BCUT2D eigenvalue weighted by Gasteiger charge is 2.44. The predicted molar refractivity (Wildman–Crippen MR) is 87.6 cm³/mol. The Kier molecular flexibility index (Phi) is 4.78. The summed E-state index contributed by atoms with van der Waals surface area (Å²) in [5, 5.41) is 10.4. The first-order valence-electron chi connectivity index (χ1n) is 6.66. The third-order valence-corrected chi connectivity index (χ3v) is 6.66. The second-order valence-electron chi connectivity index (χ2n) is 5.56. The van der Waals surface area contributed by atoms with Crippen molar-refractivity contribution in [2.24, 2.45) is 0 Å². The number of hydrogen-bond donors (Lipinski definition) is 1. The molecule has 112 valence electrons. The van der Waals surface area contributed by atoms with Gasteiger partial charge in [-0.2, -0.15) is 4.31 Å². The van der Waals surface area contributed by atoms with Gasteiger partial charge in [0.2, 0.25) is 10.0 Å². The highest BCUT2D eigenvalue weighted by atomic mass is 127. The molecule has 0 aromatic heterocycles. The highest BCUT2D eigenvalue weighted by Crippen LogP contribution is 2.33. The van der Waals surface area contributed by atoms with E-state index in [9.17, 15) is 13.5 Å². The molecule has 1 N–H and O–H groups in total. The number of aliphatic hydroxyl groups is 1. The molecular weight excluding hydrogens is 389 g/mol. The number of rotatable bonds is 3. The molecule has 1 aliphatic heterocycles. The molecule has 1 aromatic rings. The normalized spacial score (nSPS) is 28.5. The van der Waals surface area contributed by atoms with Crippen LogP contribution in [-0.4, -0.2) is 40.4 Å². The van der Waals surface area contributed by atoms with Crippen molar-refractivity contribution in [3.63, 3.8) is 0 Å². The average Bonchev–Trinajstić information content (AvgIpc) is 2.37. The van der Waals surface area contributed by atoms with E-state index in [1.54, 1.807) is 31.2 Å². The molecule has 2 unspecified atom stereocenters. The van der Waals surface area contributed by atoms with Crippen molar-refractivity contribution >= 4 is 32.6 Å². The van der Waals surface area contributed by atoms with Crippen LogP contribution in [0.3, 0.4) is 0 Å². The van der Waals surface area contributed by atoms with Crippen molar-refractivity contribution < 1.29 is 13.5 Å². The predicted octanol–water partition coefficient (Wildman–Crippen LogP) is 2.33. The maximum Gasteiger partial charge on any atom is 0.243 e. The van der Waals surface area contributed by atoms with E-state index in [0.29, 0.717) is 28.7 Å². The van der Waals surface area contributed by atoms with E-state index in [2.05, 4.69) is 22.6 Å². The standard InChI is InChI=1S/C14H20INO3S/c1-11-4-6-12(7-5-11)20(18,19)16-9-3-8-14(2,17)13(16)10-15/h4-7,13,17H,3,8-10H2,1-2H3. The summed E-state index contributed by atoms with van der Waals surface area (Å²) in [5.41, 5.74) is 0.0667. The summed E-state index contributed by atoms with van der Waals surface area (Å²) in [6.45, 7) is 4.13. The number of benzene rings is 1. The van der Waals surface area contributed by atoms with Crippen LogP contribution in [0, 0.1) is 6.92 Å². The summed E-state index contributed by atoms with van der Waals surface area (Å²) in [4.78, 5) is 0.302. The molecule has 0 spiro atoms. The zero-order valence-corrected chi connectivity index (χ0v) is 14.7. The number of halogens is 1. The molecule has 1 fully saturated rings. The van der Waals surface area contributed by atoms with E-state index in [1.807, 2.05) is 6.92 Å². The van der Waals surface area contributed by atoms with Gasteiger partial charge >= 0.3 is 0 Å². The van der Waals surface area contributed by atoms with Crippen LogP contribution in [0.4, 0.5) is 0 Å². The van der Waals surface area contributed by atoms with Crippen LogP contribution in [0.5, 0.6) is 0 Å². The zero-order chi connectivity index (χ0) is 15.0. The topological polar surface area (TPSA) is 57.6 Å². The Balaban J connectivity index is 2.39. The van der Waals surface area contributed by atoms with E-state index in [0.717, 1.165) is 5.56 Å². The Morgan fingerprint density at radius 2 is 2.00 bits per heavy atom. The van der Waals surface area contributed by atoms with Gasteiger partial charge in [0, 0.05) is 11.0 Å². The lowest BCUT2D eigenvalue weighted by atomic mass is 9.89. The maximum atomic E-state index is 12.8. The summed E-state index contributed by atoms with van der Waals surface area (Å²) < 4.78 is 27.6. The molecule has 1 saturated heterocycles.